The predicted octanol–water partition coefficient (Wildman–Crippen LogP) is 15.7. The van der Waals surface area contributed by atoms with Crippen molar-refractivity contribution in [1.82, 2.24) is 35.6 Å². The first-order valence-electron chi connectivity index (χ1n) is 36.1. The number of halogens is 1. The second-order valence-corrected chi connectivity index (χ2v) is 32.9. The van der Waals surface area contributed by atoms with E-state index in [4.69, 9.17) is 9.47 Å². The van der Waals surface area contributed by atoms with Crippen molar-refractivity contribution in [3.63, 3.8) is 0 Å². The summed E-state index contributed by atoms with van der Waals surface area (Å²) in [4.78, 5) is 50.2. The number of carbonyl (C=O) groups is 3. The summed E-state index contributed by atoms with van der Waals surface area (Å²) in [5.41, 5.74) is 10.7. The summed E-state index contributed by atoms with van der Waals surface area (Å²) in [6, 6.07) is 27.1. The maximum atomic E-state index is 14.3. The molecule has 3 aromatic carbocycles. The van der Waals surface area contributed by atoms with Gasteiger partial charge in [0.15, 0.2) is 0 Å². The molecule has 3 aliphatic carbocycles. The molecule has 3 amide bonds. The summed E-state index contributed by atoms with van der Waals surface area (Å²) in [6.07, 6.45) is 25.2. The van der Waals surface area contributed by atoms with Crippen LogP contribution in [0.15, 0.2) is 91.3 Å². The molecule has 0 radical (unpaired) electrons. The summed E-state index contributed by atoms with van der Waals surface area (Å²) in [6.45, 7) is 33.6. The molecule has 5 aliphatic heterocycles. The second-order valence-electron chi connectivity index (χ2n) is 32.9. The van der Waals surface area contributed by atoms with Crippen molar-refractivity contribution in [2.24, 2.45) is 22.2 Å². The molecule has 5 fully saturated rings. The Morgan fingerprint density at radius 1 is 0.533 bits per heavy atom. The molecule has 3 N–H and O–H groups in total. The van der Waals surface area contributed by atoms with E-state index >= 15 is 0 Å². The number of benzene rings is 3. The largest absolute Gasteiger partial charge is 0.381 e. The van der Waals surface area contributed by atoms with E-state index in [0.717, 1.165) is 120 Å². The number of amides is 3. The summed E-state index contributed by atoms with van der Waals surface area (Å²) in [5.74, 6) is 0.604. The zero-order valence-electron chi connectivity index (χ0n) is 58.1. The Hall–Kier alpha value is -5.05. The fraction of sp³-hybridized carbons (Fsp3) is 0.671. The molecule has 1 unspecified atom stereocenters. The van der Waals surface area contributed by atoms with Crippen LogP contribution in [0.2, 0.25) is 0 Å². The number of nitrogens with one attached hydrogen (secondary N) is 3. The highest BCUT2D eigenvalue weighted by molar-refractivity contribution is 5.81. The van der Waals surface area contributed by atoms with Gasteiger partial charge < -0.3 is 40.1 Å². The molecule has 1 aromatic heterocycles. The van der Waals surface area contributed by atoms with Crippen LogP contribution in [0.3, 0.4) is 0 Å². The number of nitrogens with zero attached hydrogens (tertiary/aromatic N) is 4. The Morgan fingerprint density at radius 3 is 1.45 bits per heavy atom. The summed E-state index contributed by atoms with van der Waals surface area (Å²) >= 11 is 0. The van der Waals surface area contributed by atoms with Gasteiger partial charge in [-0.05, 0) is 276 Å². The van der Waals surface area contributed by atoms with Crippen molar-refractivity contribution in [2.45, 2.75) is 238 Å². The smallest absolute Gasteiger partial charge is 0.249 e. The maximum absolute atomic E-state index is 14.3. The predicted molar refractivity (Wildman–Crippen MR) is 375 cm³/mol. The first kappa shape index (κ1) is 69.8. The number of fused-ring (bicyclic) bond motifs is 6. The minimum absolute atomic E-state index is 0. The van der Waals surface area contributed by atoms with Crippen LogP contribution in [0.4, 0.5) is 4.39 Å². The number of pyridine rings is 1. The molecule has 510 valence electrons. The highest BCUT2D eigenvalue weighted by Crippen LogP contribution is 2.51. The Kier molecular flexibility index (Phi) is 23.3. The van der Waals surface area contributed by atoms with Gasteiger partial charge in [0.25, 0.3) is 0 Å². The van der Waals surface area contributed by atoms with Crippen molar-refractivity contribution >= 4 is 17.7 Å². The third-order valence-electron chi connectivity index (χ3n) is 22.6. The van der Waals surface area contributed by atoms with E-state index in [0.29, 0.717) is 47.0 Å². The molecule has 12 nitrogen and oxygen atoms in total. The van der Waals surface area contributed by atoms with Crippen LogP contribution >= 0.6 is 0 Å². The third kappa shape index (κ3) is 18.7. The van der Waals surface area contributed by atoms with E-state index in [2.05, 4.69) is 146 Å². The number of carbonyl (C=O) groups excluding carboxylic acids is 3. The highest BCUT2D eigenvalue weighted by atomic mass is 19.1. The van der Waals surface area contributed by atoms with E-state index in [1.165, 1.54) is 113 Å². The number of piperidine rings is 3. The van der Waals surface area contributed by atoms with Gasteiger partial charge in [-0.2, -0.15) is 0 Å². The first-order valence-corrected chi connectivity index (χ1v) is 36.1. The lowest BCUT2D eigenvalue weighted by Gasteiger charge is -2.47. The van der Waals surface area contributed by atoms with Crippen LogP contribution in [-0.4, -0.2) is 122 Å². The Labute approximate surface area is 557 Å². The molecule has 5 saturated heterocycles. The lowest BCUT2D eigenvalue weighted by Crippen LogP contribution is -2.47. The van der Waals surface area contributed by atoms with Crippen LogP contribution in [-0.2, 0) is 46.5 Å². The van der Waals surface area contributed by atoms with E-state index in [9.17, 15) is 18.8 Å². The van der Waals surface area contributed by atoms with E-state index in [1.807, 2.05) is 18.2 Å². The van der Waals surface area contributed by atoms with Crippen molar-refractivity contribution in [3.8, 4) is 0 Å². The second kappa shape index (κ2) is 30.8. The van der Waals surface area contributed by atoms with Crippen molar-refractivity contribution in [2.75, 3.05) is 78.7 Å². The summed E-state index contributed by atoms with van der Waals surface area (Å²) in [7, 11) is 0. The monoisotopic (exact) mass is 1270 g/mol. The standard InChI is InChI=1S/C27H37N3O.C27H42N2O2.C25H37FN2O2.3H2/c1-26(2,3)12-16-30-17-13-27(14-18-30)11-10-24(22-8-4-5-9-23(22)27)29-25(31)19-21-7-6-15-28-20-21;1-26(2,3)12-15-29-16-13-27(14-17-29)11-8-24(22-6-4-5-7-23(22)27)28-25(30)20-21-9-18-31-19-10-21;1-24(2,3)10-13-28-14-11-25(12-15-28)9-8-21(19-7-6-18(26)17-20(19)25)27-23(29)22-5-4-16-30-22;;;/h4-9,15,20,24H,10-14,16-19H2,1-3H3,(H,29,31);4-7,21,24H,8-20H2,1-3H3,(H,28,30);6-7,17,21-22H,4-5,8-16H2,1-3H3,(H,27,29);3*1H/t2*24-;21-,22?;;;/m101.../s1. The summed E-state index contributed by atoms with van der Waals surface area (Å²) in [5, 5.41) is 9.92. The molecular formula is C79H122FN7O5. The zero-order valence-corrected chi connectivity index (χ0v) is 58.1. The topological polar surface area (TPSA) is 128 Å². The summed E-state index contributed by atoms with van der Waals surface area (Å²) < 4.78 is 25.3. The molecule has 6 heterocycles. The molecule has 12 rings (SSSR count). The third-order valence-corrected chi connectivity index (χ3v) is 22.6. The molecule has 3 spiro atoms. The van der Waals surface area contributed by atoms with E-state index in [1.54, 1.807) is 24.5 Å². The normalized spacial score (nSPS) is 24.0. The van der Waals surface area contributed by atoms with Crippen LogP contribution < -0.4 is 16.0 Å². The van der Waals surface area contributed by atoms with Gasteiger partial charge in [-0.1, -0.05) is 123 Å². The average molecular weight is 1270 g/mol. The molecule has 4 aromatic rings. The van der Waals surface area contributed by atoms with Gasteiger partial charge >= 0.3 is 0 Å². The molecule has 4 atom stereocenters. The van der Waals surface area contributed by atoms with Gasteiger partial charge in [0.2, 0.25) is 17.7 Å². The van der Waals surface area contributed by atoms with Gasteiger partial charge in [0, 0.05) is 42.9 Å². The lowest BCUT2D eigenvalue weighted by molar-refractivity contribution is -0.131. The first-order chi connectivity index (χ1) is 43.9. The van der Waals surface area contributed by atoms with E-state index in [-0.39, 0.29) is 62.9 Å². The van der Waals surface area contributed by atoms with Crippen LogP contribution in [0, 0.1) is 28.0 Å². The number of ether oxygens (including phenoxy) is 2. The van der Waals surface area contributed by atoms with Crippen molar-refractivity contribution < 1.29 is 32.5 Å². The number of rotatable bonds is 14. The number of hydrogen-bond donors (Lipinski definition) is 3. The Balaban J connectivity index is 0.000000198. The number of likely N-dealkylation sites (tertiary alicyclic amines) is 3. The quantitative estimate of drug-likeness (QED) is 0.113. The van der Waals surface area contributed by atoms with E-state index < -0.39 is 0 Å². The van der Waals surface area contributed by atoms with Gasteiger partial charge in [0.05, 0.1) is 24.5 Å². The number of hydrogen-bond acceptors (Lipinski definition) is 9. The maximum Gasteiger partial charge on any atom is 0.249 e. The molecule has 0 bridgehead atoms. The van der Waals surface area contributed by atoms with Crippen LogP contribution in [0.1, 0.15) is 252 Å². The molecule has 8 aliphatic rings. The molecule has 92 heavy (non-hydrogen) atoms. The Morgan fingerprint density at radius 2 is 0.989 bits per heavy atom. The fourth-order valence-corrected chi connectivity index (χ4v) is 16.5. The number of aromatic nitrogens is 1. The SMILES string of the molecule is CC(C)(C)CCN1CCC2(CC[C@@H](NC(=O)C3CCCO3)c3ccc(F)cc32)CC1.CC(C)(C)CCN1CCC2(CC[C@@H](NC(=O)Cc3cccnc3)c3ccccc32)CC1.CC(C)(C)CCN1CCC2(CC[C@H](NC(=O)CC3CCOCC3)c3ccccc32)CC1.[HH].[HH].[HH]. The molecule has 13 heteroatoms. The Bertz CT molecular complexity index is 3040. The van der Waals surface area contributed by atoms with Gasteiger partial charge in [-0.15, -0.1) is 0 Å². The fourth-order valence-electron chi connectivity index (χ4n) is 16.5. The molecule has 0 saturated carbocycles. The zero-order chi connectivity index (χ0) is 65.2. The minimum Gasteiger partial charge on any atom is -0.381 e. The van der Waals surface area contributed by atoms with Crippen molar-refractivity contribution in [1.29, 1.82) is 0 Å². The average Bonchev–Trinajstić information content (AvgIpc) is 0.878. The van der Waals surface area contributed by atoms with Gasteiger partial charge in [-0.25, -0.2) is 4.39 Å². The lowest BCUT2D eigenvalue weighted by atomic mass is 9.63. The van der Waals surface area contributed by atoms with Crippen LogP contribution in [0.5, 0.6) is 0 Å². The molecular weight excluding hydrogens is 1150 g/mol. The minimum atomic E-state index is -0.323. The highest BCUT2D eigenvalue weighted by Gasteiger charge is 2.46. The van der Waals surface area contributed by atoms with Gasteiger partial charge in [-0.3, -0.25) is 19.4 Å². The van der Waals surface area contributed by atoms with Crippen molar-refractivity contribution in [3.05, 3.63) is 136 Å². The van der Waals surface area contributed by atoms with Gasteiger partial charge in [0.1, 0.15) is 11.9 Å². The van der Waals surface area contributed by atoms with Crippen LogP contribution in [0.25, 0.3) is 0 Å².